The highest BCUT2D eigenvalue weighted by Crippen LogP contribution is 2.27. The van der Waals surface area contributed by atoms with Crippen molar-refractivity contribution in [1.29, 1.82) is 0 Å². The van der Waals surface area contributed by atoms with Gasteiger partial charge in [0, 0.05) is 49.4 Å². The van der Waals surface area contributed by atoms with E-state index in [4.69, 9.17) is 16.0 Å². The van der Waals surface area contributed by atoms with E-state index in [0.717, 1.165) is 44.4 Å². The van der Waals surface area contributed by atoms with E-state index in [1.54, 1.807) is 23.0 Å². The summed E-state index contributed by atoms with van der Waals surface area (Å²) in [7, 11) is 0. The Morgan fingerprint density at radius 1 is 1.33 bits per heavy atom. The summed E-state index contributed by atoms with van der Waals surface area (Å²) >= 11 is 6.00. The van der Waals surface area contributed by atoms with Gasteiger partial charge in [0.15, 0.2) is 5.58 Å². The van der Waals surface area contributed by atoms with Gasteiger partial charge >= 0.3 is 0 Å². The number of rotatable bonds is 6. The Bertz CT molecular complexity index is 902. The molecule has 1 aliphatic rings. The predicted molar refractivity (Wildman–Crippen MR) is 102 cm³/mol. The summed E-state index contributed by atoms with van der Waals surface area (Å²) in [6.45, 7) is 2.89. The van der Waals surface area contributed by atoms with Crippen LogP contribution in [-0.2, 0) is 11.3 Å². The van der Waals surface area contributed by atoms with Crippen LogP contribution in [0.15, 0.2) is 35.0 Å². The quantitative estimate of drug-likeness (QED) is 0.652. The van der Waals surface area contributed by atoms with Crippen molar-refractivity contribution in [2.45, 2.75) is 25.8 Å². The minimum atomic E-state index is 0.0337. The van der Waals surface area contributed by atoms with Gasteiger partial charge in [-0.05, 0) is 31.4 Å². The minimum absolute atomic E-state index is 0.0337. The lowest BCUT2D eigenvalue weighted by Gasteiger charge is -2.30. The molecule has 4 rings (SSSR count). The largest absolute Gasteiger partial charge is 0.423 e. The van der Waals surface area contributed by atoms with Crippen molar-refractivity contribution in [2.75, 3.05) is 24.5 Å². The molecule has 0 aliphatic carbocycles. The fourth-order valence-electron chi connectivity index (χ4n) is 3.30. The number of anilines is 1. The van der Waals surface area contributed by atoms with E-state index in [2.05, 4.69) is 25.5 Å². The van der Waals surface area contributed by atoms with Crippen LogP contribution in [0.3, 0.4) is 0 Å². The highest BCUT2D eigenvalue weighted by molar-refractivity contribution is 6.31. The summed E-state index contributed by atoms with van der Waals surface area (Å²) in [4.78, 5) is 19.0. The van der Waals surface area contributed by atoms with Crippen LogP contribution in [0, 0.1) is 5.92 Å². The van der Waals surface area contributed by atoms with Crippen LogP contribution in [-0.4, -0.2) is 45.5 Å². The first-order chi connectivity index (χ1) is 13.2. The molecule has 1 aromatic carbocycles. The lowest BCUT2D eigenvalue weighted by molar-refractivity contribution is -0.125. The zero-order valence-electron chi connectivity index (χ0n) is 14.8. The van der Waals surface area contributed by atoms with Gasteiger partial charge < -0.3 is 14.6 Å². The summed E-state index contributed by atoms with van der Waals surface area (Å²) in [6, 6.07) is 6.02. The molecular formula is C18H21ClN6O2. The van der Waals surface area contributed by atoms with Crippen LogP contribution in [0.25, 0.3) is 11.1 Å². The Labute approximate surface area is 161 Å². The Balaban J connectivity index is 1.24. The molecular weight excluding hydrogens is 368 g/mol. The van der Waals surface area contributed by atoms with Crippen molar-refractivity contribution >= 4 is 34.6 Å². The SMILES string of the molecule is O=C(NCCCn1ccnn1)C1CCN(c2nc3ccc(Cl)cc3o2)CC1. The van der Waals surface area contributed by atoms with Crippen molar-refractivity contribution in [3.05, 3.63) is 35.6 Å². The standard InChI is InChI=1S/C18H21ClN6O2/c19-14-2-3-15-16(12-14)27-18(22-15)24-9-4-13(5-10-24)17(26)20-6-1-8-25-11-7-21-23-25/h2-3,7,11-13H,1,4-6,8-10H2,(H,20,26). The third-order valence-corrected chi connectivity index (χ3v) is 5.05. The minimum Gasteiger partial charge on any atom is -0.423 e. The van der Waals surface area contributed by atoms with Gasteiger partial charge in [0.2, 0.25) is 5.91 Å². The predicted octanol–water partition coefficient (Wildman–Crippen LogP) is 2.50. The summed E-state index contributed by atoms with van der Waals surface area (Å²) < 4.78 is 7.58. The van der Waals surface area contributed by atoms with Gasteiger partial charge in [0.1, 0.15) is 5.52 Å². The lowest BCUT2D eigenvalue weighted by Crippen LogP contribution is -2.41. The molecule has 1 aliphatic heterocycles. The number of hydrogen-bond donors (Lipinski definition) is 1. The number of carbonyl (C=O) groups is 1. The Hall–Kier alpha value is -2.61. The van der Waals surface area contributed by atoms with E-state index >= 15 is 0 Å². The zero-order valence-corrected chi connectivity index (χ0v) is 15.6. The van der Waals surface area contributed by atoms with E-state index in [1.165, 1.54) is 0 Å². The normalized spacial score (nSPS) is 15.4. The number of fused-ring (bicyclic) bond motifs is 1. The first kappa shape index (κ1) is 17.8. The number of aromatic nitrogens is 4. The Morgan fingerprint density at radius 2 is 2.19 bits per heavy atom. The van der Waals surface area contributed by atoms with Gasteiger partial charge in [-0.2, -0.15) is 4.98 Å². The topological polar surface area (TPSA) is 89.1 Å². The highest BCUT2D eigenvalue weighted by atomic mass is 35.5. The van der Waals surface area contributed by atoms with Crippen molar-refractivity contribution in [3.8, 4) is 0 Å². The summed E-state index contributed by atoms with van der Waals surface area (Å²) in [5.74, 6) is 0.157. The van der Waals surface area contributed by atoms with E-state index in [1.807, 2.05) is 12.3 Å². The van der Waals surface area contributed by atoms with Crippen molar-refractivity contribution in [1.82, 2.24) is 25.3 Å². The number of carbonyl (C=O) groups excluding carboxylic acids is 1. The Kier molecular flexibility index (Phi) is 5.24. The molecule has 0 bridgehead atoms. The first-order valence-corrected chi connectivity index (χ1v) is 9.50. The van der Waals surface area contributed by atoms with Crippen LogP contribution in [0.1, 0.15) is 19.3 Å². The maximum absolute atomic E-state index is 12.4. The highest BCUT2D eigenvalue weighted by Gasteiger charge is 2.27. The lowest BCUT2D eigenvalue weighted by atomic mass is 9.96. The van der Waals surface area contributed by atoms with Crippen LogP contribution in [0.5, 0.6) is 0 Å². The van der Waals surface area contributed by atoms with Gasteiger partial charge in [0.05, 0.1) is 6.20 Å². The smallest absolute Gasteiger partial charge is 0.298 e. The number of nitrogens with one attached hydrogen (secondary N) is 1. The maximum Gasteiger partial charge on any atom is 0.298 e. The van der Waals surface area contributed by atoms with Gasteiger partial charge in [-0.1, -0.05) is 16.8 Å². The van der Waals surface area contributed by atoms with Gasteiger partial charge in [-0.3, -0.25) is 9.48 Å². The third-order valence-electron chi connectivity index (χ3n) is 4.81. The number of nitrogens with zero attached hydrogens (tertiary/aromatic N) is 5. The van der Waals surface area contributed by atoms with Crippen LogP contribution < -0.4 is 10.2 Å². The monoisotopic (exact) mass is 388 g/mol. The number of aryl methyl sites for hydroxylation is 1. The summed E-state index contributed by atoms with van der Waals surface area (Å²) in [6.07, 6.45) is 5.87. The summed E-state index contributed by atoms with van der Waals surface area (Å²) in [5.41, 5.74) is 1.48. The second-order valence-electron chi connectivity index (χ2n) is 6.68. The van der Waals surface area contributed by atoms with Crippen LogP contribution in [0.4, 0.5) is 6.01 Å². The molecule has 1 saturated heterocycles. The maximum atomic E-state index is 12.4. The van der Waals surface area contributed by atoms with Crippen LogP contribution >= 0.6 is 11.6 Å². The summed E-state index contributed by atoms with van der Waals surface area (Å²) in [5, 5.41) is 11.3. The molecule has 0 unspecified atom stereocenters. The average molecular weight is 389 g/mol. The number of piperidine rings is 1. The molecule has 1 N–H and O–H groups in total. The molecule has 3 aromatic rings. The molecule has 1 fully saturated rings. The molecule has 0 atom stereocenters. The molecule has 8 nitrogen and oxygen atoms in total. The molecule has 0 spiro atoms. The van der Waals surface area contributed by atoms with Gasteiger partial charge in [-0.25, -0.2) is 0 Å². The Morgan fingerprint density at radius 3 is 2.96 bits per heavy atom. The fraction of sp³-hybridized carbons (Fsp3) is 0.444. The van der Waals surface area contributed by atoms with Gasteiger partial charge in [0.25, 0.3) is 6.01 Å². The fourth-order valence-corrected chi connectivity index (χ4v) is 3.47. The first-order valence-electron chi connectivity index (χ1n) is 9.12. The molecule has 27 heavy (non-hydrogen) atoms. The number of halogens is 1. The van der Waals surface area contributed by atoms with Gasteiger partial charge in [-0.15, -0.1) is 5.10 Å². The molecule has 1 amide bonds. The third kappa shape index (κ3) is 4.21. The molecule has 9 heteroatoms. The van der Waals surface area contributed by atoms with E-state index in [0.29, 0.717) is 23.2 Å². The number of hydrogen-bond acceptors (Lipinski definition) is 6. The second kappa shape index (κ2) is 7.96. The molecule has 142 valence electrons. The van der Waals surface area contributed by atoms with Crippen LogP contribution in [0.2, 0.25) is 5.02 Å². The average Bonchev–Trinajstić information content (AvgIpc) is 3.34. The molecule has 2 aromatic heterocycles. The van der Waals surface area contributed by atoms with Crippen molar-refractivity contribution < 1.29 is 9.21 Å². The van der Waals surface area contributed by atoms with E-state index in [-0.39, 0.29) is 11.8 Å². The number of amides is 1. The van der Waals surface area contributed by atoms with Crippen molar-refractivity contribution in [2.24, 2.45) is 5.92 Å². The number of benzene rings is 1. The molecule has 0 saturated carbocycles. The molecule has 3 heterocycles. The zero-order chi connectivity index (χ0) is 18.6. The molecule has 0 radical (unpaired) electrons. The van der Waals surface area contributed by atoms with E-state index in [9.17, 15) is 4.79 Å². The van der Waals surface area contributed by atoms with Crippen molar-refractivity contribution in [3.63, 3.8) is 0 Å². The van der Waals surface area contributed by atoms with E-state index < -0.39 is 0 Å². The number of oxazole rings is 1. The second-order valence-corrected chi connectivity index (χ2v) is 7.12.